The van der Waals surface area contributed by atoms with E-state index in [1.807, 2.05) is 66.1 Å². The summed E-state index contributed by atoms with van der Waals surface area (Å²) in [6.07, 6.45) is 3.57. The van der Waals surface area contributed by atoms with Gasteiger partial charge in [-0.3, -0.25) is 19.5 Å². The number of aryl methyl sites for hydroxylation is 1. The van der Waals surface area contributed by atoms with E-state index in [1.54, 1.807) is 19.2 Å². The van der Waals surface area contributed by atoms with Crippen LogP contribution in [0.3, 0.4) is 0 Å². The molecule has 0 fully saturated rings. The van der Waals surface area contributed by atoms with Crippen molar-refractivity contribution in [2.24, 2.45) is 4.99 Å². The second-order valence-corrected chi connectivity index (χ2v) is 12.2. The maximum absolute atomic E-state index is 14.2. The molecule has 1 atom stereocenters. The zero-order chi connectivity index (χ0) is 32.5. The molecule has 1 aliphatic heterocycles. The molecule has 1 aromatic heterocycles. The van der Waals surface area contributed by atoms with Crippen LogP contribution in [0, 0.1) is 10.1 Å². The third kappa shape index (κ3) is 5.83. The molecule has 1 aliphatic carbocycles. The fraction of sp³-hybridized carbons (Fsp3) is 0.189. The second kappa shape index (κ2) is 12.7. The zero-order valence-corrected chi connectivity index (χ0v) is 26.7. The van der Waals surface area contributed by atoms with Gasteiger partial charge in [-0.15, -0.1) is 0 Å². The van der Waals surface area contributed by atoms with Crippen LogP contribution in [0.2, 0.25) is 0 Å². The molecule has 47 heavy (non-hydrogen) atoms. The Kier molecular flexibility index (Phi) is 8.17. The molecule has 0 amide bonds. The second-order valence-electron chi connectivity index (χ2n) is 11.2. The molecule has 0 bridgehead atoms. The predicted octanol–water partition coefficient (Wildman–Crippen LogP) is 6.21. The first-order valence-electron chi connectivity index (χ1n) is 15.3. The number of rotatable bonds is 9. The van der Waals surface area contributed by atoms with Crippen LogP contribution >= 0.6 is 11.3 Å². The molecule has 4 aromatic carbocycles. The van der Waals surface area contributed by atoms with Crippen molar-refractivity contribution in [3.8, 4) is 17.2 Å². The Morgan fingerprint density at radius 3 is 2.51 bits per heavy atom. The van der Waals surface area contributed by atoms with E-state index in [-0.39, 0.29) is 23.9 Å². The molecule has 5 aromatic rings. The van der Waals surface area contributed by atoms with Crippen molar-refractivity contribution in [2.45, 2.75) is 32.4 Å². The smallest absolute Gasteiger partial charge is 0.271 e. The van der Waals surface area contributed by atoms with E-state index in [1.165, 1.54) is 29.0 Å². The number of benzene rings is 4. The Labute approximate surface area is 274 Å². The number of methoxy groups -OCH3 is 1. The molecule has 0 saturated heterocycles. The van der Waals surface area contributed by atoms with Crippen LogP contribution in [-0.2, 0) is 13.0 Å². The van der Waals surface area contributed by atoms with Gasteiger partial charge >= 0.3 is 0 Å². The van der Waals surface area contributed by atoms with E-state index in [0.717, 1.165) is 52.1 Å². The van der Waals surface area contributed by atoms with Crippen LogP contribution in [0.4, 0.5) is 5.69 Å². The number of non-ortho nitro benzene ring substituents is 1. The maximum atomic E-state index is 14.2. The van der Waals surface area contributed by atoms with Gasteiger partial charge in [0.05, 0.1) is 34.9 Å². The predicted molar refractivity (Wildman–Crippen MR) is 181 cm³/mol. The molecule has 2 heterocycles. The van der Waals surface area contributed by atoms with E-state index < -0.39 is 4.92 Å². The van der Waals surface area contributed by atoms with Crippen LogP contribution in [0.15, 0.2) is 106 Å². The van der Waals surface area contributed by atoms with Gasteiger partial charge in [0.2, 0.25) is 0 Å². The molecule has 0 N–H and O–H groups in total. The number of hydrogen-bond donors (Lipinski definition) is 0. The molecule has 0 saturated carbocycles. The standard InChI is InChI=1S/C37H31N3O6S/c1-3-45-32-20-24(10-19-31(32)46-22-23-8-14-27(15-9-23)40(42)43)21-33-36(41)39-35(26-11-16-28(44-2)17-12-26)30-18-13-25-6-4-5-7-29(25)34(30)38-37(39)47-33/h4-12,14-17,19-21,35H,3,13,18,22H2,1-2H3/b33-21+/t35-/m1/s1. The van der Waals surface area contributed by atoms with Gasteiger partial charge in [0.1, 0.15) is 12.4 Å². The van der Waals surface area contributed by atoms with Crippen molar-refractivity contribution in [2.75, 3.05) is 13.7 Å². The molecule has 0 radical (unpaired) electrons. The highest BCUT2D eigenvalue weighted by atomic mass is 32.1. The lowest BCUT2D eigenvalue weighted by Gasteiger charge is -2.30. The summed E-state index contributed by atoms with van der Waals surface area (Å²) in [5.74, 6) is 1.84. The number of hydrogen-bond acceptors (Lipinski definition) is 8. The van der Waals surface area contributed by atoms with Crippen molar-refractivity contribution in [3.05, 3.63) is 154 Å². The molecule has 0 spiro atoms. The zero-order valence-electron chi connectivity index (χ0n) is 25.8. The van der Waals surface area contributed by atoms with Gasteiger partial charge in [0.25, 0.3) is 11.2 Å². The summed E-state index contributed by atoms with van der Waals surface area (Å²) in [6.45, 7) is 2.54. The Hall–Kier alpha value is -5.48. The lowest BCUT2D eigenvalue weighted by molar-refractivity contribution is -0.384. The SMILES string of the molecule is CCOc1cc(/C=c2/sc3n(c2=O)[C@H](c2ccc(OC)cc2)C2=C(N=3)c3ccccc3CC2)ccc1OCc1ccc([N+](=O)[O-])cc1. The minimum Gasteiger partial charge on any atom is -0.497 e. The molecule has 9 nitrogen and oxygen atoms in total. The van der Waals surface area contributed by atoms with E-state index in [9.17, 15) is 14.9 Å². The number of fused-ring (bicyclic) bond motifs is 3. The summed E-state index contributed by atoms with van der Waals surface area (Å²) in [7, 11) is 1.64. The van der Waals surface area contributed by atoms with Crippen molar-refractivity contribution >= 4 is 28.8 Å². The summed E-state index contributed by atoms with van der Waals surface area (Å²) >= 11 is 1.38. The number of aromatic nitrogens is 1. The number of thiazole rings is 1. The minimum absolute atomic E-state index is 0.0266. The lowest BCUT2D eigenvalue weighted by Crippen LogP contribution is -2.38. The average molecular weight is 646 g/mol. The van der Waals surface area contributed by atoms with E-state index >= 15 is 0 Å². The lowest BCUT2D eigenvalue weighted by atomic mass is 9.83. The van der Waals surface area contributed by atoms with Gasteiger partial charge in [-0.05, 0) is 90.1 Å². The molecular formula is C37H31N3O6S. The van der Waals surface area contributed by atoms with Crippen LogP contribution in [-0.4, -0.2) is 23.2 Å². The van der Waals surface area contributed by atoms with Crippen molar-refractivity contribution in [3.63, 3.8) is 0 Å². The summed E-state index contributed by atoms with van der Waals surface area (Å²) in [5.41, 5.74) is 6.99. The van der Waals surface area contributed by atoms with Gasteiger partial charge in [-0.2, -0.15) is 0 Å². The molecule has 7 rings (SSSR count). The number of nitro groups is 1. The molecule has 0 unspecified atom stereocenters. The van der Waals surface area contributed by atoms with E-state index in [0.29, 0.717) is 27.4 Å². The summed E-state index contributed by atoms with van der Waals surface area (Å²) in [4.78, 5) is 30.5. The van der Waals surface area contributed by atoms with Gasteiger partial charge in [-0.1, -0.05) is 53.8 Å². The van der Waals surface area contributed by atoms with Gasteiger partial charge < -0.3 is 14.2 Å². The van der Waals surface area contributed by atoms with Crippen molar-refractivity contribution in [1.82, 2.24) is 4.57 Å². The summed E-state index contributed by atoms with van der Waals surface area (Å²) in [5, 5.41) is 11.0. The van der Waals surface area contributed by atoms with E-state index in [2.05, 4.69) is 18.2 Å². The highest BCUT2D eigenvalue weighted by molar-refractivity contribution is 7.07. The number of nitro benzene ring substituents is 1. The maximum Gasteiger partial charge on any atom is 0.271 e. The first-order chi connectivity index (χ1) is 22.9. The van der Waals surface area contributed by atoms with Crippen LogP contribution in [0.5, 0.6) is 17.2 Å². The Morgan fingerprint density at radius 1 is 0.979 bits per heavy atom. The highest BCUT2D eigenvalue weighted by Gasteiger charge is 2.32. The minimum atomic E-state index is -0.431. The fourth-order valence-electron chi connectivity index (χ4n) is 6.14. The number of allylic oxidation sites excluding steroid dienone is 1. The Morgan fingerprint density at radius 2 is 1.77 bits per heavy atom. The van der Waals surface area contributed by atoms with Crippen molar-refractivity contribution in [1.29, 1.82) is 0 Å². The van der Waals surface area contributed by atoms with Crippen LogP contribution < -0.4 is 29.1 Å². The summed E-state index contributed by atoms with van der Waals surface area (Å²) < 4.78 is 19.8. The Balaban J connectivity index is 1.27. The van der Waals surface area contributed by atoms with Gasteiger partial charge in [0, 0.05) is 17.7 Å². The Bertz CT molecular complexity index is 2200. The fourth-order valence-corrected chi connectivity index (χ4v) is 7.14. The number of ether oxygens (including phenoxy) is 3. The van der Waals surface area contributed by atoms with Crippen LogP contribution in [0.25, 0.3) is 11.8 Å². The monoisotopic (exact) mass is 645 g/mol. The summed E-state index contributed by atoms with van der Waals surface area (Å²) in [6, 6.07) is 27.8. The van der Waals surface area contributed by atoms with E-state index in [4.69, 9.17) is 19.2 Å². The third-order valence-electron chi connectivity index (χ3n) is 8.41. The third-order valence-corrected chi connectivity index (χ3v) is 9.39. The molecule has 236 valence electrons. The molecular weight excluding hydrogens is 614 g/mol. The first-order valence-corrected chi connectivity index (χ1v) is 16.1. The normalized spacial score (nSPS) is 15.3. The molecule has 10 heteroatoms. The van der Waals surface area contributed by atoms with Gasteiger partial charge in [0.15, 0.2) is 16.3 Å². The topological polar surface area (TPSA) is 105 Å². The highest BCUT2D eigenvalue weighted by Crippen LogP contribution is 2.41. The van der Waals surface area contributed by atoms with Crippen molar-refractivity contribution < 1.29 is 19.1 Å². The van der Waals surface area contributed by atoms with Crippen LogP contribution in [0.1, 0.15) is 47.2 Å². The first kappa shape index (κ1) is 30.2. The number of nitrogens with zero attached hydrogens (tertiary/aromatic N) is 3. The quantitative estimate of drug-likeness (QED) is 0.139. The van der Waals surface area contributed by atoms with Gasteiger partial charge in [-0.25, -0.2) is 4.99 Å². The molecule has 2 aliphatic rings. The largest absolute Gasteiger partial charge is 0.497 e. The average Bonchev–Trinajstić information content (AvgIpc) is 3.41.